The number of carbonyl (C=O) groups excluding carboxylic acids is 2. The molecule has 0 aliphatic carbocycles. The monoisotopic (exact) mass is 357 g/mol. The molecule has 1 aromatic rings. The zero-order valence-corrected chi connectivity index (χ0v) is 16.2. The van der Waals surface area contributed by atoms with Gasteiger partial charge in [0.2, 0.25) is 5.91 Å². The highest BCUT2D eigenvalue weighted by Gasteiger charge is 2.34. The van der Waals surface area contributed by atoms with Crippen LogP contribution in [0.15, 0.2) is 42.0 Å². The molecule has 0 saturated carbocycles. The van der Waals surface area contributed by atoms with Gasteiger partial charge in [0.15, 0.2) is 6.23 Å². The van der Waals surface area contributed by atoms with Crippen molar-refractivity contribution < 1.29 is 14.3 Å². The third-order valence-electron chi connectivity index (χ3n) is 4.69. The van der Waals surface area contributed by atoms with Gasteiger partial charge in [0.25, 0.3) is 0 Å². The molecule has 1 aliphatic heterocycles. The lowest BCUT2D eigenvalue weighted by atomic mass is 10.0. The summed E-state index contributed by atoms with van der Waals surface area (Å²) in [6.07, 6.45) is 7.13. The van der Waals surface area contributed by atoms with Crippen LogP contribution in [0, 0.1) is 5.92 Å². The summed E-state index contributed by atoms with van der Waals surface area (Å²) < 4.78 is 5.36. The van der Waals surface area contributed by atoms with Crippen LogP contribution in [0.3, 0.4) is 0 Å². The van der Waals surface area contributed by atoms with E-state index in [1.807, 2.05) is 30.3 Å². The molecule has 0 radical (unpaired) electrons. The van der Waals surface area contributed by atoms with Crippen molar-refractivity contribution in [3.05, 3.63) is 47.5 Å². The number of nitrogens with zero attached hydrogens (tertiary/aromatic N) is 1. The summed E-state index contributed by atoms with van der Waals surface area (Å²) in [7, 11) is 0. The van der Waals surface area contributed by atoms with E-state index >= 15 is 0 Å². The predicted octanol–water partition coefficient (Wildman–Crippen LogP) is 4.49. The number of allylic oxidation sites excluding steroid dienone is 2. The normalized spacial score (nSPS) is 17.7. The van der Waals surface area contributed by atoms with Crippen molar-refractivity contribution in [2.45, 2.75) is 65.5 Å². The fourth-order valence-electron chi connectivity index (χ4n) is 3.19. The third-order valence-corrected chi connectivity index (χ3v) is 4.69. The van der Waals surface area contributed by atoms with Gasteiger partial charge in [-0.2, -0.15) is 0 Å². The van der Waals surface area contributed by atoms with Gasteiger partial charge in [0, 0.05) is 6.42 Å². The maximum Gasteiger partial charge on any atom is 0.327 e. The van der Waals surface area contributed by atoms with Crippen LogP contribution < -0.4 is 0 Å². The van der Waals surface area contributed by atoms with E-state index in [0.29, 0.717) is 12.8 Å². The highest BCUT2D eigenvalue weighted by Crippen LogP contribution is 2.20. The van der Waals surface area contributed by atoms with E-state index in [-0.39, 0.29) is 18.4 Å². The number of hydrogen-bond donors (Lipinski definition) is 0. The molecule has 4 heteroatoms. The number of esters is 1. The molecule has 1 saturated heterocycles. The van der Waals surface area contributed by atoms with Crippen LogP contribution in [-0.4, -0.2) is 29.5 Å². The van der Waals surface area contributed by atoms with Crippen LogP contribution in [0.25, 0.3) is 0 Å². The summed E-state index contributed by atoms with van der Waals surface area (Å²) in [5.41, 5.74) is 2.33. The minimum atomic E-state index is -0.432. The van der Waals surface area contributed by atoms with E-state index in [9.17, 15) is 9.59 Å². The van der Waals surface area contributed by atoms with E-state index in [1.165, 1.54) is 18.4 Å². The van der Waals surface area contributed by atoms with Crippen molar-refractivity contribution in [1.29, 1.82) is 0 Å². The molecule has 1 aromatic carbocycles. The average Bonchev–Trinajstić information content (AvgIpc) is 2.96. The molecule has 0 N–H and O–H groups in total. The number of hydrogen-bond acceptors (Lipinski definition) is 3. The van der Waals surface area contributed by atoms with Crippen LogP contribution in [0.2, 0.25) is 0 Å². The number of rotatable bonds is 9. The van der Waals surface area contributed by atoms with Gasteiger partial charge in [-0.05, 0) is 37.7 Å². The molecule has 0 spiro atoms. The van der Waals surface area contributed by atoms with Crippen molar-refractivity contribution in [2.24, 2.45) is 5.92 Å². The first kappa shape index (κ1) is 20.2. The Morgan fingerprint density at radius 3 is 2.73 bits per heavy atom. The Morgan fingerprint density at radius 2 is 2.04 bits per heavy atom. The van der Waals surface area contributed by atoms with Crippen LogP contribution in [0.1, 0.15) is 58.4 Å². The quantitative estimate of drug-likeness (QED) is 0.483. The molecule has 0 bridgehead atoms. The van der Waals surface area contributed by atoms with Crippen molar-refractivity contribution in [2.75, 3.05) is 6.54 Å². The lowest BCUT2D eigenvalue weighted by Crippen LogP contribution is -2.37. The molecule has 1 amide bonds. The third kappa shape index (κ3) is 6.66. The predicted molar refractivity (Wildman–Crippen MR) is 103 cm³/mol. The Bertz CT molecular complexity index is 622. The number of carbonyl (C=O) groups is 2. The lowest BCUT2D eigenvalue weighted by molar-refractivity contribution is -0.143. The Hall–Kier alpha value is -2.10. The molecule has 1 heterocycles. The van der Waals surface area contributed by atoms with Crippen molar-refractivity contribution >= 4 is 11.9 Å². The standard InChI is InChI=1S/C22H31NO3/c1-17(2)9-7-10-18(3)11-8-14-21-23(16-22(25)26-21)20(24)15-19-12-5-4-6-13-19/h4-6,11-13,17,21H,7-10,14-16H2,1-3H3. The van der Waals surface area contributed by atoms with Gasteiger partial charge in [-0.1, -0.05) is 62.2 Å². The van der Waals surface area contributed by atoms with Crippen LogP contribution in [0.4, 0.5) is 0 Å². The average molecular weight is 357 g/mol. The molecule has 1 fully saturated rings. The smallest absolute Gasteiger partial charge is 0.327 e. The second-order valence-corrected chi connectivity index (χ2v) is 7.54. The number of cyclic esters (lactones) is 1. The molecule has 1 unspecified atom stereocenters. The van der Waals surface area contributed by atoms with Crippen LogP contribution >= 0.6 is 0 Å². The van der Waals surface area contributed by atoms with Gasteiger partial charge < -0.3 is 4.74 Å². The van der Waals surface area contributed by atoms with Gasteiger partial charge in [0.05, 0.1) is 6.42 Å². The first-order valence-corrected chi connectivity index (χ1v) is 9.64. The summed E-state index contributed by atoms with van der Waals surface area (Å²) >= 11 is 0. The van der Waals surface area contributed by atoms with Gasteiger partial charge in [-0.3, -0.25) is 14.5 Å². The highest BCUT2D eigenvalue weighted by molar-refractivity contribution is 5.86. The first-order chi connectivity index (χ1) is 12.5. The Balaban J connectivity index is 1.83. The maximum atomic E-state index is 12.6. The lowest BCUT2D eigenvalue weighted by Gasteiger charge is -2.21. The van der Waals surface area contributed by atoms with E-state index in [0.717, 1.165) is 24.3 Å². The summed E-state index contributed by atoms with van der Waals surface area (Å²) in [5, 5.41) is 0. The number of benzene rings is 1. The largest absolute Gasteiger partial charge is 0.440 e. The molecule has 1 atom stereocenters. The van der Waals surface area contributed by atoms with E-state index in [1.54, 1.807) is 4.90 Å². The van der Waals surface area contributed by atoms with Gasteiger partial charge >= 0.3 is 5.97 Å². The Morgan fingerprint density at radius 1 is 1.31 bits per heavy atom. The summed E-state index contributed by atoms with van der Waals surface area (Å²) in [6, 6.07) is 9.61. The van der Waals surface area contributed by atoms with Crippen molar-refractivity contribution in [1.82, 2.24) is 4.90 Å². The minimum absolute atomic E-state index is 0.0512. The molecule has 2 rings (SSSR count). The first-order valence-electron chi connectivity index (χ1n) is 9.64. The number of ether oxygens (including phenoxy) is 1. The number of amides is 1. The second kappa shape index (κ2) is 10.1. The SMILES string of the molecule is CC(=CCCC1OC(=O)CN1C(=O)Cc1ccccc1)CCCC(C)C. The van der Waals surface area contributed by atoms with Crippen LogP contribution in [0.5, 0.6) is 0 Å². The second-order valence-electron chi connectivity index (χ2n) is 7.54. The molecule has 0 aromatic heterocycles. The van der Waals surface area contributed by atoms with E-state index in [2.05, 4.69) is 26.8 Å². The summed E-state index contributed by atoms with van der Waals surface area (Å²) in [5.74, 6) is 0.378. The van der Waals surface area contributed by atoms with E-state index in [4.69, 9.17) is 4.74 Å². The molecule has 1 aliphatic rings. The van der Waals surface area contributed by atoms with Crippen molar-refractivity contribution in [3.8, 4) is 0 Å². The molecular formula is C22H31NO3. The fourth-order valence-corrected chi connectivity index (χ4v) is 3.19. The zero-order chi connectivity index (χ0) is 18.9. The van der Waals surface area contributed by atoms with E-state index < -0.39 is 6.23 Å². The molecule has 26 heavy (non-hydrogen) atoms. The Labute approximate surface area is 157 Å². The van der Waals surface area contributed by atoms with Gasteiger partial charge in [0.1, 0.15) is 6.54 Å². The zero-order valence-electron chi connectivity index (χ0n) is 16.2. The maximum absolute atomic E-state index is 12.6. The van der Waals surface area contributed by atoms with Crippen molar-refractivity contribution in [3.63, 3.8) is 0 Å². The highest BCUT2D eigenvalue weighted by atomic mass is 16.6. The summed E-state index contributed by atoms with van der Waals surface area (Å²) in [4.78, 5) is 25.8. The van der Waals surface area contributed by atoms with Gasteiger partial charge in [-0.25, -0.2) is 0 Å². The van der Waals surface area contributed by atoms with Gasteiger partial charge in [-0.15, -0.1) is 0 Å². The fraction of sp³-hybridized carbons (Fsp3) is 0.545. The Kier molecular flexibility index (Phi) is 7.89. The molecule has 142 valence electrons. The molecular weight excluding hydrogens is 326 g/mol. The molecule has 4 nitrogen and oxygen atoms in total. The minimum Gasteiger partial charge on any atom is -0.440 e. The topological polar surface area (TPSA) is 46.6 Å². The summed E-state index contributed by atoms with van der Waals surface area (Å²) in [6.45, 7) is 6.70. The van der Waals surface area contributed by atoms with Crippen LogP contribution in [-0.2, 0) is 20.7 Å².